The van der Waals surface area contributed by atoms with Crippen LogP contribution in [0.15, 0.2) is 47.8 Å². The zero-order valence-corrected chi connectivity index (χ0v) is 13.4. The van der Waals surface area contributed by atoms with Crippen molar-refractivity contribution in [1.29, 1.82) is 0 Å². The average molecular weight is 350 g/mol. The maximum Gasteiger partial charge on any atom is 0.416 e. The van der Waals surface area contributed by atoms with Gasteiger partial charge >= 0.3 is 6.18 Å². The molecule has 1 aliphatic heterocycles. The van der Waals surface area contributed by atoms with Crippen LogP contribution < -0.4 is 4.90 Å². The van der Waals surface area contributed by atoms with Gasteiger partial charge in [-0.25, -0.2) is 0 Å². The van der Waals surface area contributed by atoms with Crippen LogP contribution in [0, 0.1) is 4.91 Å². The average Bonchev–Trinajstić information content (AvgIpc) is 2.62. The molecule has 8 heteroatoms. The Morgan fingerprint density at radius 2 is 1.84 bits per heavy atom. The van der Waals surface area contributed by atoms with E-state index in [1.807, 2.05) is 23.1 Å². The fourth-order valence-corrected chi connectivity index (χ4v) is 2.91. The van der Waals surface area contributed by atoms with Crippen LogP contribution in [0.5, 0.6) is 0 Å². The minimum absolute atomic E-state index is 0.173. The summed E-state index contributed by atoms with van der Waals surface area (Å²) >= 11 is 0. The van der Waals surface area contributed by atoms with E-state index in [-0.39, 0.29) is 5.69 Å². The van der Waals surface area contributed by atoms with Crippen molar-refractivity contribution in [3.63, 3.8) is 0 Å². The first-order valence-electron chi connectivity index (χ1n) is 7.89. The fourth-order valence-electron chi connectivity index (χ4n) is 2.91. The van der Waals surface area contributed by atoms with Gasteiger partial charge in [-0.1, -0.05) is 6.07 Å². The Morgan fingerprint density at radius 1 is 1.08 bits per heavy atom. The number of rotatable bonds is 4. The smallest absolute Gasteiger partial charge is 0.367 e. The molecule has 0 saturated carbocycles. The van der Waals surface area contributed by atoms with Crippen LogP contribution in [0.4, 0.5) is 24.5 Å². The van der Waals surface area contributed by atoms with Crippen molar-refractivity contribution in [3.05, 3.63) is 58.8 Å². The summed E-state index contributed by atoms with van der Waals surface area (Å²) in [5, 5.41) is 2.79. The highest BCUT2D eigenvalue weighted by molar-refractivity contribution is 5.68. The Hall–Kier alpha value is -2.48. The summed E-state index contributed by atoms with van der Waals surface area (Å²) in [4.78, 5) is 19.4. The first kappa shape index (κ1) is 17.3. The van der Waals surface area contributed by atoms with Crippen molar-refractivity contribution in [1.82, 2.24) is 9.88 Å². The van der Waals surface area contributed by atoms with Crippen LogP contribution in [0.3, 0.4) is 0 Å². The summed E-state index contributed by atoms with van der Waals surface area (Å²) in [7, 11) is 0. The molecule has 1 aromatic heterocycles. The van der Waals surface area contributed by atoms with E-state index in [9.17, 15) is 18.1 Å². The number of hydrogen-bond acceptors (Lipinski definition) is 5. The van der Waals surface area contributed by atoms with Crippen molar-refractivity contribution in [2.24, 2.45) is 5.18 Å². The quantitative estimate of drug-likeness (QED) is 0.787. The number of benzene rings is 1. The number of nitroso groups, excluding NO2 is 1. The number of hydrogen-bond donors (Lipinski definition) is 0. The molecule has 0 unspecified atom stereocenters. The molecule has 0 radical (unpaired) electrons. The highest BCUT2D eigenvalue weighted by atomic mass is 19.4. The summed E-state index contributed by atoms with van der Waals surface area (Å²) in [5.74, 6) is 0. The second-order valence-electron chi connectivity index (χ2n) is 5.88. The SMILES string of the molecule is O=Nc1cc(C(F)(F)F)ccc1N1CCN(Cc2ccccn2)CC1. The summed E-state index contributed by atoms with van der Waals surface area (Å²) in [6.07, 6.45) is -2.74. The number of pyridine rings is 1. The van der Waals surface area contributed by atoms with E-state index < -0.39 is 11.7 Å². The zero-order valence-electron chi connectivity index (χ0n) is 13.4. The lowest BCUT2D eigenvalue weighted by Crippen LogP contribution is -2.46. The lowest BCUT2D eigenvalue weighted by molar-refractivity contribution is -0.137. The van der Waals surface area contributed by atoms with Gasteiger partial charge in [-0.2, -0.15) is 13.2 Å². The maximum absolute atomic E-state index is 12.8. The maximum atomic E-state index is 12.8. The van der Waals surface area contributed by atoms with E-state index >= 15 is 0 Å². The minimum atomic E-state index is -4.49. The van der Waals surface area contributed by atoms with E-state index in [2.05, 4.69) is 15.1 Å². The van der Waals surface area contributed by atoms with E-state index in [0.29, 0.717) is 18.8 Å². The molecular formula is C17H17F3N4O. The summed E-state index contributed by atoms with van der Waals surface area (Å²) in [6.45, 7) is 3.41. The molecule has 132 valence electrons. The molecule has 5 nitrogen and oxygen atoms in total. The Labute approximate surface area is 143 Å². The van der Waals surface area contributed by atoms with Crippen molar-refractivity contribution in [2.75, 3.05) is 31.1 Å². The number of alkyl halides is 3. The van der Waals surface area contributed by atoms with Crippen molar-refractivity contribution >= 4 is 11.4 Å². The topological polar surface area (TPSA) is 48.8 Å². The molecule has 0 atom stereocenters. The molecule has 1 saturated heterocycles. The van der Waals surface area contributed by atoms with Crippen LogP contribution in [-0.4, -0.2) is 36.1 Å². The number of anilines is 1. The molecule has 1 aromatic carbocycles. The van der Waals surface area contributed by atoms with Crippen LogP contribution in [0.1, 0.15) is 11.3 Å². The van der Waals surface area contributed by atoms with Gasteiger partial charge in [-0.15, -0.1) is 4.91 Å². The standard InChI is InChI=1S/C17H17F3N4O/c18-17(19,20)13-4-5-16(15(11-13)22-25)24-9-7-23(8-10-24)12-14-3-1-2-6-21-14/h1-6,11H,7-10,12H2. The highest BCUT2D eigenvalue weighted by Gasteiger charge is 2.32. The Kier molecular flexibility index (Phi) is 4.98. The zero-order chi connectivity index (χ0) is 17.9. The normalized spacial score (nSPS) is 16.0. The molecule has 2 aromatic rings. The Bertz CT molecular complexity index is 728. The van der Waals surface area contributed by atoms with Crippen molar-refractivity contribution in [2.45, 2.75) is 12.7 Å². The molecule has 0 N–H and O–H groups in total. The summed E-state index contributed by atoms with van der Waals surface area (Å²) in [6, 6.07) is 8.88. The van der Waals surface area contributed by atoms with Gasteiger partial charge in [-0.3, -0.25) is 9.88 Å². The fraction of sp³-hybridized carbons (Fsp3) is 0.353. The number of piperazine rings is 1. The largest absolute Gasteiger partial charge is 0.416 e. The lowest BCUT2D eigenvalue weighted by atomic mass is 10.1. The molecule has 2 heterocycles. The third-order valence-corrected chi connectivity index (χ3v) is 4.23. The van der Waals surface area contributed by atoms with Gasteiger partial charge in [0.15, 0.2) is 0 Å². The Morgan fingerprint density at radius 3 is 2.44 bits per heavy atom. The number of aromatic nitrogens is 1. The molecule has 0 amide bonds. The molecule has 25 heavy (non-hydrogen) atoms. The third-order valence-electron chi connectivity index (χ3n) is 4.23. The second kappa shape index (κ2) is 7.18. The monoisotopic (exact) mass is 350 g/mol. The van der Waals surface area contributed by atoms with E-state index in [1.54, 1.807) is 6.20 Å². The summed E-state index contributed by atoms with van der Waals surface area (Å²) in [5.41, 5.74) is 0.383. The second-order valence-corrected chi connectivity index (χ2v) is 5.88. The molecular weight excluding hydrogens is 333 g/mol. The minimum Gasteiger partial charge on any atom is -0.367 e. The predicted octanol–water partition coefficient (Wildman–Crippen LogP) is 3.82. The molecule has 1 aliphatic rings. The third kappa shape index (κ3) is 4.14. The molecule has 3 rings (SSSR count). The lowest BCUT2D eigenvalue weighted by Gasteiger charge is -2.36. The van der Waals surface area contributed by atoms with Gasteiger partial charge in [-0.05, 0) is 35.5 Å². The van der Waals surface area contributed by atoms with Crippen LogP contribution in [0.25, 0.3) is 0 Å². The van der Waals surface area contributed by atoms with E-state index in [0.717, 1.165) is 37.5 Å². The van der Waals surface area contributed by atoms with Gasteiger partial charge in [0.05, 0.1) is 16.9 Å². The van der Waals surface area contributed by atoms with Gasteiger partial charge in [0.25, 0.3) is 0 Å². The predicted molar refractivity (Wildman–Crippen MR) is 88.6 cm³/mol. The number of halogens is 3. The molecule has 0 spiro atoms. The first-order valence-corrected chi connectivity index (χ1v) is 7.89. The molecule has 0 aliphatic carbocycles. The van der Waals surface area contributed by atoms with Gasteiger partial charge in [0.2, 0.25) is 0 Å². The van der Waals surface area contributed by atoms with Gasteiger partial charge in [0.1, 0.15) is 5.69 Å². The van der Waals surface area contributed by atoms with Crippen molar-refractivity contribution < 1.29 is 13.2 Å². The van der Waals surface area contributed by atoms with Crippen LogP contribution in [0.2, 0.25) is 0 Å². The van der Waals surface area contributed by atoms with Gasteiger partial charge in [0, 0.05) is 38.9 Å². The Balaban J connectivity index is 1.67. The number of nitrogens with zero attached hydrogens (tertiary/aromatic N) is 4. The van der Waals surface area contributed by atoms with Crippen molar-refractivity contribution in [3.8, 4) is 0 Å². The first-order chi connectivity index (χ1) is 12.0. The molecule has 1 fully saturated rings. The molecule has 0 bridgehead atoms. The van der Waals surface area contributed by atoms with Crippen LogP contribution >= 0.6 is 0 Å². The van der Waals surface area contributed by atoms with E-state index in [4.69, 9.17) is 0 Å². The van der Waals surface area contributed by atoms with E-state index in [1.165, 1.54) is 6.07 Å². The summed E-state index contributed by atoms with van der Waals surface area (Å²) < 4.78 is 38.3. The highest BCUT2D eigenvalue weighted by Crippen LogP contribution is 2.37. The van der Waals surface area contributed by atoms with Crippen LogP contribution in [-0.2, 0) is 12.7 Å². The van der Waals surface area contributed by atoms with Gasteiger partial charge < -0.3 is 4.90 Å².